The van der Waals surface area contributed by atoms with Gasteiger partial charge in [-0.3, -0.25) is 4.79 Å². The van der Waals surface area contributed by atoms with E-state index in [9.17, 15) is 4.79 Å². The van der Waals surface area contributed by atoms with Gasteiger partial charge in [-0.05, 0) is 67.7 Å². The van der Waals surface area contributed by atoms with Crippen LogP contribution in [0.2, 0.25) is 0 Å². The first-order chi connectivity index (χ1) is 8.70. The zero-order chi connectivity index (χ0) is 14.3. The molecule has 0 atom stereocenters. The van der Waals surface area contributed by atoms with Crippen molar-refractivity contribution in [3.63, 3.8) is 0 Å². The van der Waals surface area contributed by atoms with Crippen LogP contribution in [0, 0.1) is 5.41 Å². The van der Waals surface area contributed by atoms with Gasteiger partial charge in [0.2, 0.25) is 5.91 Å². The standard InChI is InChI=1S/C15H20BrNO2/c1-14(2,3)19-12-6-5-10(9-11(12)16)17-13(18)15(4)7-8-15/h5-6,9H,7-8H2,1-4H3,(H,17,18). The van der Waals surface area contributed by atoms with Gasteiger partial charge in [-0.15, -0.1) is 0 Å². The summed E-state index contributed by atoms with van der Waals surface area (Å²) >= 11 is 3.48. The topological polar surface area (TPSA) is 38.3 Å². The molecule has 0 radical (unpaired) electrons. The molecule has 1 aliphatic carbocycles. The highest BCUT2D eigenvalue weighted by Crippen LogP contribution is 2.46. The van der Waals surface area contributed by atoms with Crippen LogP contribution in [0.1, 0.15) is 40.5 Å². The first-order valence-corrected chi connectivity index (χ1v) is 7.29. The molecule has 0 spiro atoms. The molecule has 2 rings (SSSR count). The van der Waals surface area contributed by atoms with Crippen LogP contribution in [0.5, 0.6) is 5.75 Å². The third kappa shape index (κ3) is 3.72. The molecule has 3 nitrogen and oxygen atoms in total. The second-order valence-corrected chi connectivity index (χ2v) is 7.23. The number of benzene rings is 1. The molecule has 0 aromatic heterocycles. The highest BCUT2D eigenvalue weighted by Gasteiger charge is 2.44. The summed E-state index contributed by atoms with van der Waals surface area (Å²) in [5.41, 5.74) is 0.397. The third-order valence-corrected chi connectivity index (χ3v) is 3.77. The number of rotatable bonds is 3. The molecule has 0 saturated heterocycles. The lowest BCUT2D eigenvalue weighted by atomic mass is 10.1. The molecule has 0 heterocycles. The Morgan fingerprint density at radius 1 is 1.37 bits per heavy atom. The fraction of sp³-hybridized carbons (Fsp3) is 0.533. The van der Waals surface area contributed by atoms with Crippen LogP contribution < -0.4 is 10.1 Å². The van der Waals surface area contributed by atoms with Crippen LogP contribution >= 0.6 is 15.9 Å². The maximum atomic E-state index is 12.0. The third-order valence-electron chi connectivity index (χ3n) is 3.15. The lowest BCUT2D eigenvalue weighted by Crippen LogP contribution is -2.23. The van der Waals surface area contributed by atoms with Crippen LogP contribution in [0.25, 0.3) is 0 Å². The van der Waals surface area contributed by atoms with Gasteiger partial charge in [-0.2, -0.15) is 0 Å². The second kappa shape index (κ2) is 4.82. The maximum absolute atomic E-state index is 12.0. The molecule has 1 N–H and O–H groups in total. The van der Waals surface area contributed by atoms with Crippen molar-refractivity contribution in [2.45, 2.75) is 46.1 Å². The second-order valence-electron chi connectivity index (χ2n) is 6.37. The fourth-order valence-corrected chi connectivity index (χ4v) is 2.15. The average molecular weight is 326 g/mol. The van der Waals surface area contributed by atoms with Gasteiger partial charge in [0.15, 0.2) is 0 Å². The zero-order valence-corrected chi connectivity index (χ0v) is 13.4. The normalized spacial score (nSPS) is 16.9. The molecule has 0 bridgehead atoms. The number of anilines is 1. The first-order valence-electron chi connectivity index (χ1n) is 6.50. The monoisotopic (exact) mass is 325 g/mol. The lowest BCUT2D eigenvalue weighted by Gasteiger charge is -2.22. The van der Waals surface area contributed by atoms with Crippen LogP contribution in [-0.4, -0.2) is 11.5 Å². The summed E-state index contributed by atoms with van der Waals surface area (Å²) in [7, 11) is 0. The van der Waals surface area contributed by atoms with Crippen molar-refractivity contribution in [3.8, 4) is 5.75 Å². The van der Waals surface area contributed by atoms with Crippen molar-refractivity contribution >= 4 is 27.5 Å². The zero-order valence-electron chi connectivity index (χ0n) is 11.8. The molecule has 1 aliphatic rings. The largest absolute Gasteiger partial charge is 0.487 e. The molecular formula is C15H20BrNO2. The SMILES string of the molecule is CC(C)(C)Oc1ccc(NC(=O)C2(C)CC2)cc1Br. The van der Waals surface area contributed by atoms with Gasteiger partial charge < -0.3 is 10.1 Å². The van der Waals surface area contributed by atoms with Crippen molar-refractivity contribution in [2.75, 3.05) is 5.32 Å². The number of hydrogen-bond donors (Lipinski definition) is 1. The molecule has 1 amide bonds. The van der Waals surface area contributed by atoms with E-state index in [0.29, 0.717) is 0 Å². The Hall–Kier alpha value is -1.03. The van der Waals surface area contributed by atoms with Crippen molar-refractivity contribution < 1.29 is 9.53 Å². The van der Waals surface area contributed by atoms with E-state index in [1.165, 1.54) is 0 Å². The highest BCUT2D eigenvalue weighted by molar-refractivity contribution is 9.10. The molecule has 1 aromatic rings. The molecule has 19 heavy (non-hydrogen) atoms. The molecule has 4 heteroatoms. The van der Waals surface area contributed by atoms with E-state index in [1.807, 2.05) is 45.9 Å². The van der Waals surface area contributed by atoms with Crippen molar-refractivity contribution in [2.24, 2.45) is 5.41 Å². The Labute approximate surface area is 122 Å². The van der Waals surface area contributed by atoms with E-state index >= 15 is 0 Å². The number of hydrogen-bond acceptors (Lipinski definition) is 2. The van der Waals surface area contributed by atoms with E-state index in [4.69, 9.17) is 4.74 Å². The predicted octanol–water partition coefficient (Wildman–Crippen LogP) is 4.37. The Bertz CT molecular complexity index is 501. The van der Waals surface area contributed by atoms with Gasteiger partial charge in [0, 0.05) is 11.1 Å². The molecular weight excluding hydrogens is 306 g/mol. The van der Waals surface area contributed by atoms with Gasteiger partial charge in [0.05, 0.1) is 4.47 Å². The van der Waals surface area contributed by atoms with Gasteiger partial charge in [-0.1, -0.05) is 6.92 Å². The van der Waals surface area contributed by atoms with Gasteiger partial charge in [-0.25, -0.2) is 0 Å². The minimum absolute atomic E-state index is 0.101. The van der Waals surface area contributed by atoms with Crippen molar-refractivity contribution in [1.29, 1.82) is 0 Å². The van der Waals surface area contributed by atoms with Crippen LogP contribution in [0.3, 0.4) is 0 Å². The maximum Gasteiger partial charge on any atom is 0.230 e. The van der Waals surface area contributed by atoms with Crippen molar-refractivity contribution in [1.82, 2.24) is 0 Å². The fourth-order valence-electron chi connectivity index (χ4n) is 1.69. The van der Waals surface area contributed by atoms with Crippen molar-refractivity contribution in [3.05, 3.63) is 22.7 Å². The van der Waals surface area contributed by atoms with E-state index in [1.54, 1.807) is 0 Å². The van der Waals surface area contributed by atoms with Gasteiger partial charge >= 0.3 is 0 Å². The first kappa shape index (κ1) is 14.4. The summed E-state index contributed by atoms with van der Waals surface area (Å²) in [4.78, 5) is 12.0. The van der Waals surface area contributed by atoms with E-state index in [2.05, 4.69) is 21.2 Å². The molecule has 1 aromatic carbocycles. The number of amides is 1. The number of halogens is 1. The van der Waals surface area contributed by atoms with Crippen LogP contribution in [0.4, 0.5) is 5.69 Å². The lowest BCUT2D eigenvalue weighted by molar-refractivity contribution is -0.120. The summed E-state index contributed by atoms with van der Waals surface area (Å²) in [6.07, 6.45) is 1.95. The minimum atomic E-state index is -0.241. The molecule has 104 valence electrons. The van der Waals surface area contributed by atoms with Crippen LogP contribution in [0.15, 0.2) is 22.7 Å². The number of carbonyl (C=O) groups is 1. The Balaban J connectivity index is 2.08. The summed E-state index contributed by atoms with van der Waals surface area (Å²) in [6, 6.07) is 5.63. The molecule has 0 aliphatic heterocycles. The summed E-state index contributed by atoms with van der Waals surface area (Å²) < 4.78 is 6.66. The number of nitrogens with one attached hydrogen (secondary N) is 1. The molecule has 1 saturated carbocycles. The summed E-state index contributed by atoms with van der Waals surface area (Å²) in [6.45, 7) is 8.00. The van der Waals surface area contributed by atoms with Gasteiger partial charge in [0.1, 0.15) is 11.4 Å². The smallest absolute Gasteiger partial charge is 0.230 e. The highest BCUT2D eigenvalue weighted by atomic mass is 79.9. The van der Waals surface area contributed by atoms with Gasteiger partial charge in [0.25, 0.3) is 0 Å². The Kier molecular flexibility index (Phi) is 3.65. The molecule has 0 unspecified atom stereocenters. The van der Waals surface area contributed by atoms with E-state index < -0.39 is 0 Å². The van der Waals surface area contributed by atoms with E-state index in [0.717, 1.165) is 28.8 Å². The Morgan fingerprint density at radius 2 is 2.00 bits per heavy atom. The predicted molar refractivity (Wildman–Crippen MR) is 80.5 cm³/mol. The quantitative estimate of drug-likeness (QED) is 0.896. The average Bonchev–Trinajstić information content (AvgIpc) is 3.00. The molecule has 1 fully saturated rings. The Morgan fingerprint density at radius 3 is 2.47 bits per heavy atom. The van der Waals surface area contributed by atoms with E-state index in [-0.39, 0.29) is 16.9 Å². The van der Waals surface area contributed by atoms with Crippen LogP contribution in [-0.2, 0) is 4.79 Å². The minimum Gasteiger partial charge on any atom is -0.487 e. The number of carbonyl (C=O) groups excluding carboxylic acids is 1. The summed E-state index contributed by atoms with van der Waals surface area (Å²) in [5.74, 6) is 0.882. The summed E-state index contributed by atoms with van der Waals surface area (Å²) in [5, 5.41) is 2.95. The number of ether oxygens (including phenoxy) is 1.